The highest BCUT2D eigenvalue weighted by molar-refractivity contribution is 5.92. The first-order valence-electron chi connectivity index (χ1n) is 17.5. The van der Waals surface area contributed by atoms with Crippen LogP contribution in [-0.2, 0) is 32.1 Å². The van der Waals surface area contributed by atoms with E-state index < -0.39 is 30.0 Å². The van der Waals surface area contributed by atoms with Gasteiger partial charge in [0.05, 0.1) is 18.7 Å². The van der Waals surface area contributed by atoms with Crippen molar-refractivity contribution in [3.8, 4) is 5.75 Å². The van der Waals surface area contributed by atoms with Gasteiger partial charge in [-0.05, 0) is 82.7 Å². The molecule has 0 aliphatic carbocycles. The summed E-state index contributed by atoms with van der Waals surface area (Å²) >= 11 is 0. The van der Waals surface area contributed by atoms with Crippen LogP contribution in [0.25, 0.3) is 5.65 Å². The summed E-state index contributed by atoms with van der Waals surface area (Å²) in [4.78, 5) is 59.1. The molecule has 5 N–H and O–H groups in total. The normalized spacial score (nSPS) is 20.6. The molecule has 0 spiro atoms. The zero-order valence-corrected chi connectivity index (χ0v) is 29.8. The number of aliphatic hydroxyl groups is 1. The van der Waals surface area contributed by atoms with Gasteiger partial charge in [0, 0.05) is 43.1 Å². The fraction of sp³-hybridized carbons (Fsp3) is 0.556. The highest BCUT2D eigenvalue weighted by Crippen LogP contribution is 2.16. The van der Waals surface area contributed by atoms with Crippen molar-refractivity contribution in [1.29, 1.82) is 0 Å². The van der Waals surface area contributed by atoms with E-state index in [9.17, 15) is 24.3 Å². The second-order valence-electron chi connectivity index (χ2n) is 13.5. The molecule has 2 bridgehead atoms. The van der Waals surface area contributed by atoms with E-state index in [1.54, 1.807) is 24.3 Å². The van der Waals surface area contributed by atoms with Gasteiger partial charge in [-0.25, -0.2) is 9.50 Å². The Labute approximate surface area is 293 Å². The van der Waals surface area contributed by atoms with E-state index in [4.69, 9.17) is 9.72 Å². The summed E-state index contributed by atoms with van der Waals surface area (Å²) in [5.74, 6) is -1.16. The maximum absolute atomic E-state index is 13.4. The lowest BCUT2D eigenvalue weighted by Crippen LogP contribution is -2.57. The summed E-state index contributed by atoms with van der Waals surface area (Å²) in [7, 11) is 0. The molecule has 0 fully saturated rings. The van der Waals surface area contributed by atoms with Crippen molar-refractivity contribution >= 4 is 29.3 Å². The minimum absolute atomic E-state index is 0.0212. The number of nitrogens with zero attached hydrogens (tertiary/aromatic N) is 4. The quantitative estimate of drug-likeness (QED) is 0.266. The number of hydrogen-bond acceptors (Lipinski definition) is 9. The fourth-order valence-corrected chi connectivity index (χ4v) is 5.99. The number of aromatic nitrogens is 3. The number of ether oxygens (including phenoxy) is 1. The number of carbonyl (C=O) groups excluding carboxylic acids is 4. The number of benzene rings is 1. The van der Waals surface area contributed by atoms with E-state index >= 15 is 0 Å². The molecule has 50 heavy (non-hydrogen) atoms. The summed E-state index contributed by atoms with van der Waals surface area (Å²) < 4.78 is 7.56. The van der Waals surface area contributed by atoms with Crippen molar-refractivity contribution < 1.29 is 29.0 Å². The van der Waals surface area contributed by atoms with Gasteiger partial charge < -0.3 is 31.1 Å². The molecule has 1 aromatic carbocycles. The van der Waals surface area contributed by atoms with Crippen molar-refractivity contribution in [2.75, 3.05) is 32.8 Å². The summed E-state index contributed by atoms with van der Waals surface area (Å²) in [6.45, 7) is 11.9. The molecule has 0 saturated carbocycles. The van der Waals surface area contributed by atoms with Crippen LogP contribution < -0.4 is 26.0 Å². The first-order chi connectivity index (χ1) is 23.9. The molecule has 14 heteroatoms. The standard InChI is InChI=1S/C36H52N8O6/c1-23(2)16-30-35(48)42-33(26(5)45)36(49)38-12-6-7-14-43(21-28-20-39-44-25(4)17-24(3)40-34(28)44)15-9-13-37-32(47)22-50-29-11-8-10-27(18-29)19-31(46)41-30/h8,10-11,17-18,20,23,26,30,33,45H,6-7,9,12-16,19,21-22H2,1-5H3,(H,37,47)(H,38,49)(H,41,46)(H,42,48)/t26-,30-,33+/m1/s1. The van der Waals surface area contributed by atoms with Crippen LogP contribution in [0.15, 0.2) is 36.5 Å². The van der Waals surface area contributed by atoms with Crippen molar-refractivity contribution in [2.24, 2.45) is 5.92 Å². The van der Waals surface area contributed by atoms with Gasteiger partial charge >= 0.3 is 0 Å². The molecule has 2 aromatic heterocycles. The second-order valence-corrected chi connectivity index (χ2v) is 13.5. The molecular weight excluding hydrogens is 640 g/mol. The maximum atomic E-state index is 13.4. The molecule has 3 atom stereocenters. The largest absolute Gasteiger partial charge is 0.484 e. The van der Waals surface area contributed by atoms with Gasteiger partial charge in [0.15, 0.2) is 12.3 Å². The van der Waals surface area contributed by atoms with Crippen molar-refractivity contribution in [3.63, 3.8) is 0 Å². The van der Waals surface area contributed by atoms with E-state index in [0.717, 1.165) is 35.6 Å². The number of fused-ring (bicyclic) bond motifs is 3. The highest BCUT2D eigenvalue weighted by Gasteiger charge is 2.30. The lowest BCUT2D eigenvalue weighted by molar-refractivity contribution is -0.134. The maximum Gasteiger partial charge on any atom is 0.257 e. The van der Waals surface area contributed by atoms with E-state index in [-0.39, 0.29) is 30.8 Å². The summed E-state index contributed by atoms with van der Waals surface area (Å²) in [6, 6.07) is 6.80. The Balaban J connectivity index is 1.49. The highest BCUT2D eigenvalue weighted by atomic mass is 16.5. The van der Waals surface area contributed by atoms with E-state index in [1.807, 2.05) is 44.5 Å². The Kier molecular flexibility index (Phi) is 14.1. The molecule has 1 aliphatic rings. The van der Waals surface area contributed by atoms with Crippen LogP contribution in [0, 0.1) is 19.8 Å². The van der Waals surface area contributed by atoms with Crippen LogP contribution in [0.3, 0.4) is 0 Å². The predicted octanol–water partition coefficient (Wildman–Crippen LogP) is 1.58. The van der Waals surface area contributed by atoms with Gasteiger partial charge in [-0.2, -0.15) is 5.10 Å². The molecular formula is C36H52N8O6. The van der Waals surface area contributed by atoms with Gasteiger partial charge in [-0.1, -0.05) is 26.0 Å². The minimum Gasteiger partial charge on any atom is -0.484 e. The number of rotatable bonds is 5. The molecule has 0 radical (unpaired) electrons. The van der Waals surface area contributed by atoms with Gasteiger partial charge in [0.2, 0.25) is 17.7 Å². The van der Waals surface area contributed by atoms with Gasteiger partial charge in [0.1, 0.15) is 17.8 Å². The number of aliphatic hydroxyl groups excluding tert-OH is 1. The lowest BCUT2D eigenvalue weighted by Gasteiger charge is -2.26. The van der Waals surface area contributed by atoms with Gasteiger partial charge in [-0.3, -0.25) is 24.1 Å². The number of carbonyl (C=O) groups is 4. The molecule has 3 heterocycles. The van der Waals surface area contributed by atoms with Crippen LogP contribution in [-0.4, -0.2) is 99.2 Å². The van der Waals surface area contributed by atoms with Crippen LogP contribution >= 0.6 is 0 Å². The monoisotopic (exact) mass is 692 g/mol. The fourth-order valence-electron chi connectivity index (χ4n) is 5.99. The van der Waals surface area contributed by atoms with Crippen molar-refractivity contribution in [1.82, 2.24) is 40.8 Å². The average Bonchev–Trinajstić information content (AvgIpc) is 3.45. The van der Waals surface area contributed by atoms with Crippen molar-refractivity contribution in [3.05, 3.63) is 59.0 Å². The summed E-state index contributed by atoms with van der Waals surface area (Å²) in [6.07, 6.45) is 3.13. The Morgan fingerprint density at radius 1 is 0.940 bits per heavy atom. The molecule has 272 valence electrons. The first-order valence-corrected chi connectivity index (χ1v) is 17.5. The SMILES string of the molecule is Cc1cc(C)n2ncc(CN3CCCCNC(=O)[C@H]([C@@H](C)O)NC(=O)[C@@H](CC(C)C)NC(=O)Cc4cccc(c4)OCC(=O)NCCC3)c2n1. The third-order valence-electron chi connectivity index (χ3n) is 8.47. The predicted molar refractivity (Wildman–Crippen MR) is 188 cm³/mol. The Bertz CT molecular complexity index is 1620. The average molecular weight is 693 g/mol. The lowest BCUT2D eigenvalue weighted by atomic mass is 10.0. The zero-order chi connectivity index (χ0) is 36.2. The van der Waals surface area contributed by atoms with Crippen LogP contribution in [0.4, 0.5) is 0 Å². The molecule has 4 amide bonds. The smallest absolute Gasteiger partial charge is 0.257 e. The molecule has 3 aromatic rings. The molecule has 4 rings (SSSR count). The molecule has 1 aliphatic heterocycles. The Hall–Kier alpha value is -4.56. The van der Waals surface area contributed by atoms with Crippen LogP contribution in [0.1, 0.15) is 69.0 Å². The number of nitrogens with one attached hydrogen (secondary N) is 4. The van der Waals surface area contributed by atoms with Crippen LogP contribution in [0.5, 0.6) is 5.75 Å². The molecule has 0 unspecified atom stereocenters. The second kappa shape index (κ2) is 18.4. The third kappa shape index (κ3) is 11.5. The Morgan fingerprint density at radius 2 is 1.70 bits per heavy atom. The summed E-state index contributed by atoms with van der Waals surface area (Å²) in [5.41, 5.74) is 4.38. The van der Waals surface area contributed by atoms with Crippen molar-refractivity contribution in [2.45, 2.75) is 91.5 Å². The zero-order valence-electron chi connectivity index (χ0n) is 29.8. The number of amides is 4. The number of aryl methyl sites for hydroxylation is 2. The minimum atomic E-state index is -1.19. The van der Waals surface area contributed by atoms with E-state index in [0.29, 0.717) is 56.8 Å². The third-order valence-corrected chi connectivity index (χ3v) is 8.47. The van der Waals surface area contributed by atoms with Crippen LogP contribution in [0.2, 0.25) is 0 Å². The Morgan fingerprint density at radius 3 is 2.46 bits per heavy atom. The van der Waals surface area contributed by atoms with Gasteiger partial charge in [0.25, 0.3) is 5.91 Å². The van der Waals surface area contributed by atoms with Gasteiger partial charge in [-0.15, -0.1) is 0 Å². The molecule has 14 nitrogen and oxygen atoms in total. The first kappa shape index (κ1) is 38.2. The van der Waals surface area contributed by atoms with E-state index in [1.165, 1.54) is 6.92 Å². The number of hydrogen-bond donors (Lipinski definition) is 5. The van der Waals surface area contributed by atoms with E-state index in [2.05, 4.69) is 31.3 Å². The molecule has 0 saturated heterocycles. The summed E-state index contributed by atoms with van der Waals surface area (Å²) in [5, 5.41) is 26.2. The topological polar surface area (TPSA) is 179 Å².